The summed E-state index contributed by atoms with van der Waals surface area (Å²) in [5.74, 6) is 0.218. The summed E-state index contributed by atoms with van der Waals surface area (Å²) in [7, 11) is 0. The van der Waals surface area contributed by atoms with E-state index >= 15 is 0 Å². The van der Waals surface area contributed by atoms with Crippen LogP contribution in [-0.2, 0) is 11.3 Å². The van der Waals surface area contributed by atoms with Crippen LogP contribution in [0.3, 0.4) is 0 Å². The Bertz CT molecular complexity index is 1060. The number of rotatable bonds is 5. The molecule has 0 aliphatic rings. The lowest BCUT2D eigenvalue weighted by Crippen LogP contribution is -2.06. The van der Waals surface area contributed by atoms with Gasteiger partial charge in [-0.3, -0.25) is 0 Å². The van der Waals surface area contributed by atoms with Crippen molar-refractivity contribution in [3.63, 3.8) is 0 Å². The molecule has 0 unspecified atom stereocenters. The van der Waals surface area contributed by atoms with Gasteiger partial charge in [0.1, 0.15) is 23.9 Å². The molecule has 0 N–H and O–H groups in total. The number of carbonyl (C=O) groups excluding carboxylic acids is 1. The summed E-state index contributed by atoms with van der Waals surface area (Å²) in [4.78, 5) is 16.4. The minimum atomic E-state index is -0.517. The van der Waals surface area contributed by atoms with E-state index in [-0.39, 0.29) is 12.4 Å². The highest BCUT2D eigenvalue weighted by atomic mass is 19.1. The standard InChI is InChI=1S/C20H14FN3O3/c21-16-5-3-4-14(10-16)18-11-17(23-27-18)13-26-20(25)15-6-7-19(22-12-15)24-8-1-2-9-24/h1-12H,13H2. The summed E-state index contributed by atoms with van der Waals surface area (Å²) in [5.41, 5.74) is 1.32. The molecule has 0 bridgehead atoms. The minimum absolute atomic E-state index is 0.0585. The van der Waals surface area contributed by atoms with Crippen molar-refractivity contribution in [2.24, 2.45) is 0 Å². The molecule has 0 fully saturated rings. The Kier molecular flexibility index (Phi) is 4.49. The molecule has 6 nitrogen and oxygen atoms in total. The third-order valence-corrected chi connectivity index (χ3v) is 3.87. The van der Waals surface area contributed by atoms with Crippen molar-refractivity contribution in [3.8, 4) is 17.1 Å². The van der Waals surface area contributed by atoms with E-state index in [1.165, 1.54) is 18.3 Å². The molecule has 4 aromatic rings. The zero-order valence-electron chi connectivity index (χ0n) is 14.1. The Hall–Kier alpha value is -3.74. The van der Waals surface area contributed by atoms with E-state index in [1.54, 1.807) is 30.3 Å². The van der Waals surface area contributed by atoms with Crippen LogP contribution >= 0.6 is 0 Å². The number of halogens is 1. The van der Waals surface area contributed by atoms with Gasteiger partial charge in [-0.2, -0.15) is 0 Å². The summed E-state index contributed by atoms with van der Waals surface area (Å²) in [6, 6.07) is 14.7. The molecule has 0 saturated carbocycles. The molecule has 4 rings (SSSR count). The van der Waals surface area contributed by atoms with Crippen LogP contribution in [0.4, 0.5) is 4.39 Å². The SMILES string of the molecule is O=C(OCc1cc(-c2cccc(F)c2)on1)c1ccc(-n2cccc2)nc1. The third kappa shape index (κ3) is 3.77. The third-order valence-electron chi connectivity index (χ3n) is 3.87. The van der Waals surface area contributed by atoms with Crippen LogP contribution in [0.1, 0.15) is 16.1 Å². The Morgan fingerprint density at radius 2 is 1.96 bits per heavy atom. The van der Waals surface area contributed by atoms with Crippen LogP contribution in [-0.4, -0.2) is 20.7 Å². The average molecular weight is 363 g/mol. The number of esters is 1. The lowest BCUT2D eigenvalue weighted by atomic mass is 10.1. The Morgan fingerprint density at radius 3 is 2.70 bits per heavy atom. The molecule has 0 amide bonds. The molecule has 0 aliphatic carbocycles. The minimum Gasteiger partial charge on any atom is -0.455 e. The highest BCUT2D eigenvalue weighted by molar-refractivity contribution is 5.89. The molecule has 3 heterocycles. The van der Waals surface area contributed by atoms with E-state index in [0.717, 1.165) is 0 Å². The number of pyridine rings is 1. The van der Waals surface area contributed by atoms with Crippen molar-refractivity contribution in [1.82, 2.24) is 14.7 Å². The molecule has 0 atom stereocenters. The Labute approximate surface area is 153 Å². The molecular formula is C20H14FN3O3. The molecule has 1 aromatic carbocycles. The second kappa shape index (κ2) is 7.25. The number of nitrogens with zero attached hydrogens (tertiary/aromatic N) is 3. The molecule has 134 valence electrons. The van der Waals surface area contributed by atoms with Crippen molar-refractivity contribution < 1.29 is 18.4 Å². The smallest absolute Gasteiger partial charge is 0.340 e. The number of hydrogen-bond donors (Lipinski definition) is 0. The van der Waals surface area contributed by atoms with Crippen LogP contribution in [0.15, 0.2) is 77.7 Å². The number of carbonyl (C=O) groups is 1. The monoisotopic (exact) mass is 363 g/mol. The van der Waals surface area contributed by atoms with E-state index in [9.17, 15) is 9.18 Å². The zero-order valence-corrected chi connectivity index (χ0v) is 14.1. The quantitative estimate of drug-likeness (QED) is 0.501. The van der Waals surface area contributed by atoms with Crippen LogP contribution in [0.5, 0.6) is 0 Å². The molecular weight excluding hydrogens is 349 g/mol. The lowest BCUT2D eigenvalue weighted by molar-refractivity contribution is 0.0464. The molecule has 0 spiro atoms. The summed E-state index contributed by atoms with van der Waals surface area (Å²) >= 11 is 0. The van der Waals surface area contributed by atoms with E-state index < -0.39 is 5.97 Å². The molecule has 0 aliphatic heterocycles. The second-order valence-electron chi connectivity index (χ2n) is 5.76. The normalized spacial score (nSPS) is 10.7. The number of ether oxygens (including phenoxy) is 1. The van der Waals surface area contributed by atoms with E-state index in [0.29, 0.717) is 28.4 Å². The van der Waals surface area contributed by atoms with Gasteiger partial charge < -0.3 is 13.8 Å². The maximum atomic E-state index is 13.3. The predicted molar refractivity (Wildman–Crippen MR) is 94.6 cm³/mol. The van der Waals surface area contributed by atoms with E-state index in [4.69, 9.17) is 9.26 Å². The summed E-state index contributed by atoms with van der Waals surface area (Å²) in [6.07, 6.45) is 5.18. The van der Waals surface area contributed by atoms with Gasteiger partial charge in [-0.05, 0) is 36.4 Å². The van der Waals surface area contributed by atoms with Crippen molar-refractivity contribution in [1.29, 1.82) is 0 Å². The first-order valence-electron chi connectivity index (χ1n) is 8.17. The first-order valence-corrected chi connectivity index (χ1v) is 8.17. The van der Waals surface area contributed by atoms with Gasteiger partial charge in [-0.15, -0.1) is 0 Å². The Morgan fingerprint density at radius 1 is 1.11 bits per heavy atom. The first kappa shape index (κ1) is 16.7. The summed E-state index contributed by atoms with van der Waals surface area (Å²) in [6.45, 7) is -0.0585. The second-order valence-corrected chi connectivity index (χ2v) is 5.76. The average Bonchev–Trinajstić information content (AvgIpc) is 3.38. The summed E-state index contributed by atoms with van der Waals surface area (Å²) in [5, 5.41) is 3.84. The van der Waals surface area contributed by atoms with Gasteiger partial charge in [-0.1, -0.05) is 17.3 Å². The fourth-order valence-electron chi connectivity index (χ4n) is 2.53. The molecule has 3 aromatic heterocycles. The Balaban J connectivity index is 1.39. The van der Waals surface area contributed by atoms with Gasteiger partial charge in [0.15, 0.2) is 5.76 Å². The zero-order chi connectivity index (χ0) is 18.6. The van der Waals surface area contributed by atoms with Gasteiger partial charge in [0, 0.05) is 30.2 Å². The van der Waals surface area contributed by atoms with Crippen molar-refractivity contribution in [3.05, 3.63) is 90.3 Å². The number of benzene rings is 1. The van der Waals surface area contributed by atoms with Crippen molar-refractivity contribution >= 4 is 5.97 Å². The fraction of sp³-hybridized carbons (Fsp3) is 0.0500. The van der Waals surface area contributed by atoms with Crippen LogP contribution in [0.25, 0.3) is 17.1 Å². The highest BCUT2D eigenvalue weighted by Gasteiger charge is 2.12. The van der Waals surface area contributed by atoms with Crippen LogP contribution in [0, 0.1) is 5.82 Å². The van der Waals surface area contributed by atoms with Gasteiger partial charge >= 0.3 is 5.97 Å². The number of hydrogen-bond acceptors (Lipinski definition) is 5. The van der Waals surface area contributed by atoms with Crippen molar-refractivity contribution in [2.45, 2.75) is 6.61 Å². The van der Waals surface area contributed by atoms with Gasteiger partial charge in [0.05, 0.1) is 5.56 Å². The lowest BCUT2D eigenvalue weighted by Gasteiger charge is -2.04. The highest BCUT2D eigenvalue weighted by Crippen LogP contribution is 2.21. The van der Waals surface area contributed by atoms with Gasteiger partial charge in [-0.25, -0.2) is 14.2 Å². The molecule has 0 radical (unpaired) electrons. The maximum Gasteiger partial charge on any atom is 0.340 e. The largest absolute Gasteiger partial charge is 0.455 e. The van der Waals surface area contributed by atoms with Gasteiger partial charge in [0.2, 0.25) is 0 Å². The first-order chi connectivity index (χ1) is 13.2. The van der Waals surface area contributed by atoms with Crippen LogP contribution < -0.4 is 0 Å². The number of aromatic nitrogens is 3. The molecule has 7 heteroatoms. The molecule has 0 saturated heterocycles. The van der Waals surface area contributed by atoms with Crippen molar-refractivity contribution in [2.75, 3.05) is 0 Å². The predicted octanol–water partition coefficient (Wildman–Crippen LogP) is 4.02. The van der Waals surface area contributed by atoms with E-state index in [2.05, 4.69) is 10.1 Å². The maximum absolute atomic E-state index is 13.3. The summed E-state index contributed by atoms with van der Waals surface area (Å²) < 4.78 is 25.5. The molecule has 27 heavy (non-hydrogen) atoms. The topological polar surface area (TPSA) is 70.2 Å². The van der Waals surface area contributed by atoms with Crippen LogP contribution in [0.2, 0.25) is 0 Å². The van der Waals surface area contributed by atoms with Gasteiger partial charge in [0.25, 0.3) is 0 Å². The van der Waals surface area contributed by atoms with E-state index in [1.807, 2.05) is 29.1 Å². The fourth-order valence-corrected chi connectivity index (χ4v) is 2.53.